The van der Waals surface area contributed by atoms with Crippen LogP contribution in [0.25, 0.3) is 0 Å². The zero-order valence-electron chi connectivity index (χ0n) is 12.6. The fraction of sp³-hybridized carbons (Fsp3) is 0.529. The van der Waals surface area contributed by atoms with E-state index in [-0.39, 0.29) is 36.2 Å². The van der Waals surface area contributed by atoms with Crippen LogP contribution >= 0.6 is 0 Å². The molecule has 1 heterocycles. The van der Waals surface area contributed by atoms with Crippen molar-refractivity contribution in [1.82, 2.24) is 4.57 Å². The van der Waals surface area contributed by atoms with Gasteiger partial charge >= 0.3 is 0 Å². The zero-order chi connectivity index (χ0) is 15.7. The van der Waals surface area contributed by atoms with Crippen molar-refractivity contribution in [3.63, 3.8) is 0 Å². The summed E-state index contributed by atoms with van der Waals surface area (Å²) >= 11 is 0. The number of aliphatic hydroxyl groups excluding tert-OH is 1. The molecule has 22 heavy (non-hydrogen) atoms. The average molecular weight is 305 g/mol. The second-order valence-corrected chi connectivity index (χ2v) is 5.98. The second kappa shape index (κ2) is 6.18. The van der Waals surface area contributed by atoms with Gasteiger partial charge < -0.3 is 20.1 Å². The van der Waals surface area contributed by atoms with E-state index in [2.05, 4.69) is 18.7 Å². The molecule has 2 aliphatic carbocycles. The summed E-state index contributed by atoms with van der Waals surface area (Å²) in [5.41, 5.74) is 1.77. The highest BCUT2D eigenvalue weighted by molar-refractivity contribution is 5.58. The monoisotopic (exact) mass is 305 g/mol. The topological polar surface area (TPSA) is 74.9 Å². The molecule has 0 aliphatic heterocycles. The van der Waals surface area contributed by atoms with Crippen LogP contribution in [-0.4, -0.2) is 39.7 Å². The minimum absolute atomic E-state index is 0.00449. The van der Waals surface area contributed by atoms with Gasteiger partial charge in [-0.2, -0.15) is 0 Å². The van der Waals surface area contributed by atoms with Crippen LogP contribution < -0.4 is 0 Å². The lowest BCUT2D eigenvalue weighted by molar-refractivity contribution is 0.0826. The Morgan fingerprint density at radius 1 is 1.23 bits per heavy atom. The third-order valence-corrected chi connectivity index (χ3v) is 4.69. The highest BCUT2D eigenvalue weighted by Gasteiger charge is 2.41. The maximum atomic E-state index is 10.6. The largest absolute Gasteiger partial charge is 0.494 e. The van der Waals surface area contributed by atoms with E-state index in [0.29, 0.717) is 26.1 Å². The molecular formula is C17H23NO4. The molecule has 3 unspecified atom stereocenters. The van der Waals surface area contributed by atoms with Crippen molar-refractivity contribution in [2.24, 2.45) is 0 Å². The number of rotatable bonds is 8. The molecule has 3 rings (SSSR count). The van der Waals surface area contributed by atoms with Crippen molar-refractivity contribution >= 4 is 0 Å². The molecule has 120 valence electrons. The molecule has 0 amide bonds. The van der Waals surface area contributed by atoms with E-state index < -0.39 is 0 Å². The van der Waals surface area contributed by atoms with Gasteiger partial charge in [-0.05, 0) is 19.3 Å². The fourth-order valence-electron chi connectivity index (χ4n) is 3.74. The predicted octanol–water partition coefficient (Wildman–Crippen LogP) is 2.56. The standard InChI is InChI=1S/C17H23NO4/c1-2-3-13(6-8-22-9-7-19)18-16(20)14-11-4-5-12(10-11)15(14)17(18)21/h2,4-5,11-13,19-21H,1,3,6-10H2. The van der Waals surface area contributed by atoms with Crippen molar-refractivity contribution in [2.45, 2.75) is 37.1 Å². The number of hydrogen-bond acceptors (Lipinski definition) is 4. The Hall–Kier alpha value is -1.72. The molecule has 2 aliphatic rings. The summed E-state index contributed by atoms with van der Waals surface area (Å²) in [7, 11) is 0. The number of aliphatic hydroxyl groups is 1. The quantitative estimate of drug-likeness (QED) is 0.510. The molecular weight excluding hydrogens is 282 g/mol. The van der Waals surface area contributed by atoms with Crippen LogP contribution in [-0.2, 0) is 4.74 Å². The molecule has 0 saturated heterocycles. The van der Waals surface area contributed by atoms with Crippen molar-refractivity contribution in [3.8, 4) is 11.8 Å². The number of hydrogen-bond donors (Lipinski definition) is 3. The van der Waals surface area contributed by atoms with Crippen LogP contribution in [0.1, 0.15) is 48.3 Å². The summed E-state index contributed by atoms with van der Waals surface area (Å²) < 4.78 is 6.95. The third-order valence-electron chi connectivity index (χ3n) is 4.69. The van der Waals surface area contributed by atoms with E-state index in [1.165, 1.54) is 0 Å². The molecule has 3 N–H and O–H groups in total. The van der Waals surface area contributed by atoms with E-state index >= 15 is 0 Å². The van der Waals surface area contributed by atoms with Gasteiger partial charge in [0, 0.05) is 35.6 Å². The first-order valence-corrected chi connectivity index (χ1v) is 7.82. The van der Waals surface area contributed by atoms with Gasteiger partial charge in [0.25, 0.3) is 0 Å². The minimum Gasteiger partial charge on any atom is -0.494 e. The Morgan fingerprint density at radius 2 is 1.86 bits per heavy atom. The first-order valence-electron chi connectivity index (χ1n) is 7.82. The molecule has 3 atom stereocenters. The van der Waals surface area contributed by atoms with Crippen LogP contribution in [0, 0.1) is 0 Å². The van der Waals surface area contributed by atoms with Crippen LogP contribution in [0.5, 0.6) is 11.8 Å². The van der Waals surface area contributed by atoms with Crippen LogP contribution in [0.2, 0.25) is 0 Å². The first kappa shape index (κ1) is 15.2. The van der Waals surface area contributed by atoms with Gasteiger partial charge in [0.2, 0.25) is 0 Å². The van der Waals surface area contributed by atoms with E-state index in [1.807, 2.05) is 0 Å². The molecule has 0 spiro atoms. The Kier molecular flexibility index (Phi) is 4.27. The molecule has 0 fully saturated rings. The molecule has 0 aromatic carbocycles. The van der Waals surface area contributed by atoms with Crippen molar-refractivity contribution in [2.75, 3.05) is 19.8 Å². The van der Waals surface area contributed by atoms with Crippen molar-refractivity contribution in [1.29, 1.82) is 0 Å². The van der Waals surface area contributed by atoms with E-state index in [9.17, 15) is 10.2 Å². The predicted molar refractivity (Wildman–Crippen MR) is 83.4 cm³/mol. The summed E-state index contributed by atoms with van der Waals surface area (Å²) in [5, 5.41) is 30.0. The van der Waals surface area contributed by atoms with Crippen molar-refractivity contribution < 1.29 is 20.1 Å². The number of nitrogens with zero attached hydrogens (tertiary/aromatic N) is 1. The average Bonchev–Trinajstić information content (AvgIpc) is 3.17. The highest BCUT2D eigenvalue weighted by Crippen LogP contribution is 2.57. The summed E-state index contributed by atoms with van der Waals surface area (Å²) in [6.07, 6.45) is 8.25. The Bertz CT molecular complexity index is 554. The summed E-state index contributed by atoms with van der Waals surface area (Å²) in [6.45, 7) is 4.53. The molecule has 5 heteroatoms. The number of fused-ring (bicyclic) bond motifs is 5. The smallest absolute Gasteiger partial charge is 0.198 e. The number of aromatic hydroxyl groups is 2. The number of allylic oxidation sites excluding steroid dienone is 3. The third kappa shape index (κ3) is 2.34. The van der Waals surface area contributed by atoms with Gasteiger partial charge in [0.05, 0.1) is 13.2 Å². The number of ether oxygens (including phenoxy) is 1. The number of aromatic nitrogens is 1. The summed E-state index contributed by atoms with van der Waals surface area (Å²) in [6, 6.07) is -0.0961. The Morgan fingerprint density at radius 3 is 2.41 bits per heavy atom. The maximum absolute atomic E-state index is 10.6. The van der Waals surface area contributed by atoms with Gasteiger partial charge in [0.1, 0.15) is 0 Å². The lowest BCUT2D eigenvalue weighted by Crippen LogP contribution is -2.12. The van der Waals surface area contributed by atoms with Gasteiger partial charge in [-0.3, -0.25) is 4.57 Å². The molecule has 5 nitrogen and oxygen atoms in total. The second-order valence-electron chi connectivity index (χ2n) is 5.98. The molecule has 1 aromatic rings. The van der Waals surface area contributed by atoms with Gasteiger partial charge in [-0.1, -0.05) is 18.2 Å². The lowest BCUT2D eigenvalue weighted by Gasteiger charge is -2.20. The summed E-state index contributed by atoms with van der Waals surface area (Å²) in [5.74, 6) is 0.807. The van der Waals surface area contributed by atoms with E-state index in [0.717, 1.165) is 17.5 Å². The lowest BCUT2D eigenvalue weighted by atomic mass is 10.0. The normalized spacial score (nSPS) is 23.0. The molecule has 0 saturated carbocycles. The fourth-order valence-corrected chi connectivity index (χ4v) is 3.74. The van der Waals surface area contributed by atoms with Gasteiger partial charge in [-0.25, -0.2) is 0 Å². The minimum atomic E-state index is -0.0961. The van der Waals surface area contributed by atoms with Crippen molar-refractivity contribution in [3.05, 3.63) is 35.9 Å². The Balaban J connectivity index is 1.84. The van der Waals surface area contributed by atoms with Crippen LogP contribution in [0.3, 0.4) is 0 Å². The van der Waals surface area contributed by atoms with Crippen LogP contribution in [0.15, 0.2) is 24.8 Å². The molecule has 2 bridgehead atoms. The van der Waals surface area contributed by atoms with E-state index in [1.54, 1.807) is 10.6 Å². The molecule has 0 radical (unpaired) electrons. The summed E-state index contributed by atoms with van der Waals surface area (Å²) in [4.78, 5) is 0. The highest BCUT2D eigenvalue weighted by atomic mass is 16.5. The van der Waals surface area contributed by atoms with E-state index in [4.69, 9.17) is 9.84 Å². The van der Waals surface area contributed by atoms with Crippen LogP contribution in [0.4, 0.5) is 0 Å². The first-order chi connectivity index (χ1) is 10.7. The molecule has 1 aromatic heterocycles. The maximum Gasteiger partial charge on any atom is 0.198 e. The van der Waals surface area contributed by atoms with Gasteiger partial charge in [0.15, 0.2) is 11.8 Å². The van der Waals surface area contributed by atoms with Gasteiger partial charge in [-0.15, -0.1) is 6.58 Å². The SMILES string of the molecule is C=CCC(CCOCCO)n1c(O)c2c(c1O)C1C=CC2C1. The zero-order valence-corrected chi connectivity index (χ0v) is 12.6. The Labute approximate surface area is 130 Å².